The number of hydrogen-bond acceptors (Lipinski definition) is 6. The number of likely N-dealkylation sites (tertiary alicyclic amines) is 1. The second-order valence-corrected chi connectivity index (χ2v) is 6.62. The Hall–Kier alpha value is -1.79. The van der Waals surface area contributed by atoms with Crippen molar-refractivity contribution >= 4 is 0 Å². The minimum atomic E-state index is 0.118. The quantitative estimate of drug-likeness (QED) is 0.867. The Kier molecular flexibility index (Phi) is 3.87. The van der Waals surface area contributed by atoms with Crippen LogP contribution < -0.4 is 0 Å². The second-order valence-electron chi connectivity index (χ2n) is 6.62. The van der Waals surface area contributed by atoms with E-state index in [0.717, 1.165) is 43.2 Å². The fourth-order valence-electron chi connectivity index (χ4n) is 3.77. The average molecular weight is 314 g/mol. The van der Waals surface area contributed by atoms with Crippen molar-refractivity contribution in [3.8, 4) is 0 Å². The monoisotopic (exact) mass is 314 g/mol. The first-order chi connectivity index (χ1) is 11.2. The fourth-order valence-corrected chi connectivity index (χ4v) is 3.77. The van der Waals surface area contributed by atoms with Crippen molar-refractivity contribution in [2.24, 2.45) is 5.92 Å². The zero-order valence-corrected chi connectivity index (χ0v) is 13.6. The molecule has 0 radical (unpaired) electrons. The van der Waals surface area contributed by atoms with Crippen LogP contribution in [0.4, 0.5) is 0 Å². The molecule has 6 heteroatoms. The molecular weight excluding hydrogens is 292 g/mol. The SMILES string of the molecule is Cc1noc(C)c1CN1CC[C@H]2C[C@H](c3ccncn3)O[C@@H]2C1. The van der Waals surface area contributed by atoms with Gasteiger partial charge in [0, 0.05) is 24.8 Å². The predicted octanol–water partition coefficient (Wildman–Crippen LogP) is 2.43. The Morgan fingerprint density at radius 1 is 1.35 bits per heavy atom. The second kappa shape index (κ2) is 6.02. The number of piperidine rings is 1. The Morgan fingerprint density at radius 3 is 3.00 bits per heavy atom. The van der Waals surface area contributed by atoms with Gasteiger partial charge in [-0.2, -0.15) is 0 Å². The van der Waals surface area contributed by atoms with Crippen LogP contribution in [0.2, 0.25) is 0 Å². The number of nitrogens with zero attached hydrogens (tertiary/aromatic N) is 4. The summed E-state index contributed by atoms with van der Waals surface area (Å²) in [5, 5.41) is 4.05. The first-order valence-electron chi connectivity index (χ1n) is 8.26. The number of fused-ring (bicyclic) bond motifs is 1. The van der Waals surface area contributed by atoms with Gasteiger partial charge in [-0.3, -0.25) is 4.90 Å². The largest absolute Gasteiger partial charge is 0.367 e. The summed E-state index contributed by atoms with van der Waals surface area (Å²) in [5.74, 6) is 1.56. The van der Waals surface area contributed by atoms with Crippen LogP contribution in [0.5, 0.6) is 0 Å². The number of aryl methyl sites for hydroxylation is 2. The molecule has 0 N–H and O–H groups in total. The van der Waals surface area contributed by atoms with Crippen molar-refractivity contribution in [2.45, 2.75) is 45.4 Å². The molecule has 2 aromatic rings. The molecule has 0 unspecified atom stereocenters. The number of aromatic nitrogens is 3. The summed E-state index contributed by atoms with van der Waals surface area (Å²) in [7, 11) is 0. The van der Waals surface area contributed by atoms with Crippen LogP contribution in [-0.2, 0) is 11.3 Å². The standard InChI is InChI=1S/C17H22N4O2/c1-11-14(12(2)23-20-11)8-21-6-4-13-7-16(22-17(13)9-21)15-3-5-18-10-19-15/h3,5,10,13,16-17H,4,6-9H2,1-2H3/t13-,16+,17+/m0/s1. The lowest BCUT2D eigenvalue weighted by Crippen LogP contribution is -2.41. The maximum atomic E-state index is 6.29. The summed E-state index contributed by atoms with van der Waals surface area (Å²) in [6, 6.07) is 1.96. The van der Waals surface area contributed by atoms with Crippen molar-refractivity contribution < 1.29 is 9.26 Å². The molecular formula is C17H22N4O2. The number of rotatable bonds is 3. The molecule has 23 heavy (non-hydrogen) atoms. The van der Waals surface area contributed by atoms with E-state index in [1.54, 1.807) is 12.5 Å². The van der Waals surface area contributed by atoms with Gasteiger partial charge in [0.25, 0.3) is 0 Å². The maximum Gasteiger partial charge on any atom is 0.138 e. The summed E-state index contributed by atoms with van der Waals surface area (Å²) in [5.41, 5.74) is 3.22. The molecule has 6 nitrogen and oxygen atoms in total. The lowest BCUT2D eigenvalue weighted by atomic mass is 9.91. The van der Waals surface area contributed by atoms with E-state index in [1.165, 1.54) is 12.0 Å². The van der Waals surface area contributed by atoms with Gasteiger partial charge in [-0.05, 0) is 45.2 Å². The van der Waals surface area contributed by atoms with Crippen molar-refractivity contribution in [3.63, 3.8) is 0 Å². The van der Waals surface area contributed by atoms with Crippen LogP contribution in [0.15, 0.2) is 23.1 Å². The molecule has 3 atom stereocenters. The lowest BCUT2D eigenvalue weighted by Gasteiger charge is -2.33. The van der Waals surface area contributed by atoms with Crippen molar-refractivity contribution in [2.75, 3.05) is 13.1 Å². The van der Waals surface area contributed by atoms with E-state index < -0.39 is 0 Å². The van der Waals surface area contributed by atoms with Crippen LogP contribution in [0.3, 0.4) is 0 Å². The minimum absolute atomic E-state index is 0.118. The molecule has 0 bridgehead atoms. The van der Waals surface area contributed by atoms with Gasteiger partial charge in [-0.25, -0.2) is 9.97 Å². The summed E-state index contributed by atoms with van der Waals surface area (Å²) < 4.78 is 11.6. The first kappa shape index (κ1) is 14.8. The summed E-state index contributed by atoms with van der Waals surface area (Å²) >= 11 is 0. The molecule has 0 aromatic carbocycles. The van der Waals surface area contributed by atoms with Crippen LogP contribution in [-0.4, -0.2) is 39.2 Å². The maximum absolute atomic E-state index is 6.29. The smallest absolute Gasteiger partial charge is 0.138 e. The van der Waals surface area contributed by atoms with Crippen LogP contribution in [0.1, 0.15) is 41.7 Å². The van der Waals surface area contributed by atoms with Gasteiger partial charge in [-0.15, -0.1) is 0 Å². The van der Waals surface area contributed by atoms with Gasteiger partial charge < -0.3 is 9.26 Å². The average Bonchev–Trinajstić information content (AvgIpc) is 3.14. The molecule has 0 aliphatic carbocycles. The van der Waals surface area contributed by atoms with E-state index in [9.17, 15) is 0 Å². The summed E-state index contributed by atoms with van der Waals surface area (Å²) in [4.78, 5) is 10.8. The van der Waals surface area contributed by atoms with E-state index in [2.05, 4.69) is 20.0 Å². The van der Waals surface area contributed by atoms with Crippen molar-refractivity contribution in [3.05, 3.63) is 41.3 Å². The topological polar surface area (TPSA) is 64.3 Å². The van der Waals surface area contributed by atoms with E-state index in [0.29, 0.717) is 12.0 Å². The van der Waals surface area contributed by atoms with Crippen LogP contribution >= 0.6 is 0 Å². The molecule has 2 aliphatic heterocycles. The van der Waals surface area contributed by atoms with Gasteiger partial charge in [0.1, 0.15) is 18.2 Å². The van der Waals surface area contributed by atoms with E-state index >= 15 is 0 Å². The van der Waals surface area contributed by atoms with E-state index in [4.69, 9.17) is 9.26 Å². The van der Waals surface area contributed by atoms with Crippen LogP contribution in [0, 0.1) is 19.8 Å². The highest BCUT2D eigenvalue weighted by atomic mass is 16.5. The highest BCUT2D eigenvalue weighted by molar-refractivity contribution is 5.20. The zero-order chi connectivity index (χ0) is 15.8. The molecule has 2 aliphatic rings. The molecule has 0 saturated carbocycles. The number of ether oxygens (including phenoxy) is 1. The lowest BCUT2D eigenvalue weighted by molar-refractivity contribution is -0.0108. The van der Waals surface area contributed by atoms with Gasteiger partial charge >= 0.3 is 0 Å². The molecule has 0 amide bonds. The Morgan fingerprint density at radius 2 is 2.26 bits per heavy atom. The van der Waals surface area contributed by atoms with Crippen molar-refractivity contribution in [1.82, 2.24) is 20.0 Å². The zero-order valence-electron chi connectivity index (χ0n) is 13.6. The van der Waals surface area contributed by atoms with E-state index in [-0.39, 0.29) is 6.10 Å². The van der Waals surface area contributed by atoms with Gasteiger partial charge in [0.2, 0.25) is 0 Å². The molecule has 122 valence electrons. The minimum Gasteiger partial charge on any atom is -0.367 e. The van der Waals surface area contributed by atoms with Crippen molar-refractivity contribution in [1.29, 1.82) is 0 Å². The Labute approximate surface area is 135 Å². The van der Waals surface area contributed by atoms with Gasteiger partial charge in [0.15, 0.2) is 0 Å². The molecule has 2 saturated heterocycles. The number of hydrogen-bond donors (Lipinski definition) is 0. The molecule has 4 rings (SSSR count). The molecule has 2 aromatic heterocycles. The molecule has 0 spiro atoms. The van der Waals surface area contributed by atoms with Gasteiger partial charge in [-0.1, -0.05) is 5.16 Å². The predicted molar refractivity (Wildman–Crippen MR) is 83.6 cm³/mol. The summed E-state index contributed by atoms with van der Waals surface area (Å²) in [6.07, 6.45) is 6.05. The molecule has 4 heterocycles. The Bertz CT molecular complexity index is 653. The molecule has 2 fully saturated rings. The normalized spacial score (nSPS) is 28.0. The highest BCUT2D eigenvalue weighted by Crippen LogP contribution is 2.40. The third-order valence-electron chi connectivity index (χ3n) is 5.13. The van der Waals surface area contributed by atoms with Gasteiger partial charge in [0.05, 0.1) is 17.5 Å². The summed E-state index contributed by atoms with van der Waals surface area (Å²) in [6.45, 7) is 6.96. The first-order valence-corrected chi connectivity index (χ1v) is 8.26. The van der Waals surface area contributed by atoms with E-state index in [1.807, 2.05) is 19.9 Å². The highest BCUT2D eigenvalue weighted by Gasteiger charge is 2.40. The van der Waals surface area contributed by atoms with Crippen LogP contribution in [0.25, 0.3) is 0 Å². The third-order valence-corrected chi connectivity index (χ3v) is 5.13. The Balaban J connectivity index is 1.42. The fraction of sp³-hybridized carbons (Fsp3) is 0.588. The third kappa shape index (κ3) is 2.88.